The summed E-state index contributed by atoms with van der Waals surface area (Å²) >= 11 is 5.75. The summed E-state index contributed by atoms with van der Waals surface area (Å²) in [6, 6.07) is 8.72. The number of hydrogen-bond donors (Lipinski definition) is 4. The van der Waals surface area contributed by atoms with Crippen LogP contribution >= 0.6 is 22.6 Å². The van der Waals surface area contributed by atoms with Crippen molar-refractivity contribution in [1.82, 2.24) is 9.03 Å². The van der Waals surface area contributed by atoms with Gasteiger partial charge in [0, 0.05) is 12.7 Å². The van der Waals surface area contributed by atoms with Crippen molar-refractivity contribution < 1.29 is 27.8 Å². The molecule has 162 valence electrons. The van der Waals surface area contributed by atoms with Gasteiger partial charge in [-0.15, -0.1) is 0 Å². The Morgan fingerprint density at radius 2 is 1.93 bits per heavy atom. The number of nitrogens with zero attached hydrogens (tertiary/aromatic N) is 1. The van der Waals surface area contributed by atoms with E-state index in [9.17, 15) is 23.1 Å². The van der Waals surface area contributed by atoms with Crippen LogP contribution in [0.3, 0.4) is 0 Å². The lowest BCUT2D eigenvalue weighted by atomic mass is 9.98. The van der Waals surface area contributed by atoms with Crippen LogP contribution in [0.4, 0.5) is 10.1 Å². The van der Waals surface area contributed by atoms with Gasteiger partial charge in [-0.05, 0) is 42.3 Å². The summed E-state index contributed by atoms with van der Waals surface area (Å²) in [5.74, 6) is -1.60. The molecule has 8 nitrogen and oxygen atoms in total. The lowest BCUT2D eigenvalue weighted by Gasteiger charge is -2.50. The molecule has 3 rings (SSSR count). The molecule has 1 aliphatic rings. The number of ether oxygens (including phenoxy) is 1. The van der Waals surface area contributed by atoms with Gasteiger partial charge in [-0.2, -0.15) is 9.03 Å². The first kappa shape index (κ1) is 22.5. The molecule has 11 heteroatoms. The van der Waals surface area contributed by atoms with Crippen molar-refractivity contribution in [2.45, 2.75) is 18.5 Å². The molecule has 1 fully saturated rings. The van der Waals surface area contributed by atoms with Gasteiger partial charge in [0.15, 0.2) is 0 Å². The van der Waals surface area contributed by atoms with Crippen LogP contribution in [0.2, 0.25) is 5.02 Å². The van der Waals surface area contributed by atoms with E-state index in [-0.39, 0.29) is 17.1 Å². The number of methoxy groups -OCH3 is 1. The molecule has 0 aliphatic carbocycles. The Bertz CT molecular complexity index is 960. The van der Waals surface area contributed by atoms with Gasteiger partial charge in [0.05, 0.1) is 23.7 Å². The first-order valence-corrected chi connectivity index (χ1v) is 10.7. The molecule has 1 aliphatic heterocycles. The molecule has 4 N–H and O–H groups in total. The number of anilines is 1. The highest BCUT2D eigenvalue weighted by Gasteiger charge is 2.41. The molecule has 1 amide bonds. The Morgan fingerprint density at radius 1 is 1.27 bits per heavy atom. The highest BCUT2D eigenvalue weighted by molar-refractivity contribution is 8.20. The molecule has 1 heterocycles. The van der Waals surface area contributed by atoms with E-state index in [4.69, 9.17) is 11.6 Å². The second-order valence-corrected chi connectivity index (χ2v) is 8.98. The highest BCUT2D eigenvalue weighted by Crippen LogP contribution is 2.48. The quantitative estimate of drug-likeness (QED) is 0.516. The summed E-state index contributed by atoms with van der Waals surface area (Å²) in [6.45, 7) is 0. The van der Waals surface area contributed by atoms with Crippen molar-refractivity contribution in [3.8, 4) is 0 Å². The van der Waals surface area contributed by atoms with E-state index >= 15 is 0 Å². The van der Waals surface area contributed by atoms with Gasteiger partial charge in [-0.25, -0.2) is 9.18 Å². The molecule has 0 saturated carbocycles. The topological polar surface area (TPSA) is 111 Å². The van der Waals surface area contributed by atoms with Gasteiger partial charge >= 0.3 is 5.97 Å². The fourth-order valence-electron chi connectivity index (χ4n) is 3.12. The minimum atomic E-state index is -3.45. The second-order valence-electron chi connectivity index (χ2n) is 6.72. The first-order valence-electron chi connectivity index (χ1n) is 8.85. The van der Waals surface area contributed by atoms with E-state index in [1.807, 2.05) is 0 Å². The monoisotopic (exact) mass is 457 g/mol. The summed E-state index contributed by atoms with van der Waals surface area (Å²) in [6.07, 6.45) is 0.213. The first-order chi connectivity index (χ1) is 14.1. The van der Waals surface area contributed by atoms with Gasteiger partial charge in [-0.3, -0.25) is 13.9 Å². The molecular formula is C19H21ClFN3O5S. The van der Waals surface area contributed by atoms with Gasteiger partial charge in [0.2, 0.25) is 5.91 Å². The Kier molecular flexibility index (Phi) is 6.65. The maximum absolute atomic E-state index is 13.3. The summed E-state index contributed by atoms with van der Waals surface area (Å²) < 4.78 is 42.8. The number of esters is 1. The summed E-state index contributed by atoms with van der Waals surface area (Å²) in [4.78, 5) is 24.4. The number of benzene rings is 2. The second kappa shape index (κ2) is 8.88. The smallest absolute Gasteiger partial charge is 0.337 e. The number of halogens is 2. The SMILES string of the molecule is COC(=O)c1ccc(C2CC(C(=O)Nc3ccc(F)c(Cl)c3)N(C)S(O)(O)N2)cc1. The van der Waals surface area contributed by atoms with Crippen molar-refractivity contribution in [3.63, 3.8) is 0 Å². The lowest BCUT2D eigenvalue weighted by molar-refractivity contribution is -0.120. The zero-order chi connectivity index (χ0) is 22.1. The zero-order valence-corrected chi connectivity index (χ0v) is 17.7. The fraction of sp³-hybridized carbons (Fsp3) is 0.263. The van der Waals surface area contributed by atoms with Gasteiger partial charge in [-0.1, -0.05) is 34.7 Å². The zero-order valence-electron chi connectivity index (χ0n) is 16.1. The van der Waals surface area contributed by atoms with Crippen molar-refractivity contribution in [3.05, 3.63) is 64.4 Å². The van der Waals surface area contributed by atoms with E-state index in [1.54, 1.807) is 24.3 Å². The number of carbonyl (C=O) groups is 2. The predicted molar refractivity (Wildman–Crippen MR) is 113 cm³/mol. The molecule has 2 atom stereocenters. The van der Waals surface area contributed by atoms with Crippen LogP contribution < -0.4 is 10.0 Å². The molecule has 2 aromatic carbocycles. The van der Waals surface area contributed by atoms with Crippen LogP contribution in [0, 0.1) is 5.82 Å². The number of likely N-dealkylation sites (N-methyl/N-ethyl adjacent to an activating group) is 1. The molecule has 0 bridgehead atoms. The minimum Gasteiger partial charge on any atom is -0.465 e. The van der Waals surface area contributed by atoms with E-state index in [1.165, 1.54) is 26.3 Å². The van der Waals surface area contributed by atoms with Crippen LogP contribution in [0.15, 0.2) is 42.5 Å². The summed E-state index contributed by atoms with van der Waals surface area (Å²) in [7, 11) is -0.750. The molecule has 2 aromatic rings. The summed E-state index contributed by atoms with van der Waals surface area (Å²) in [5, 5.41) is 2.48. The van der Waals surface area contributed by atoms with E-state index in [0.717, 1.165) is 10.4 Å². The fourth-order valence-corrected chi connectivity index (χ4v) is 4.61. The van der Waals surface area contributed by atoms with Gasteiger partial charge in [0.1, 0.15) is 11.9 Å². The van der Waals surface area contributed by atoms with Crippen molar-refractivity contribution in [2.24, 2.45) is 0 Å². The molecule has 1 saturated heterocycles. The van der Waals surface area contributed by atoms with Crippen molar-refractivity contribution in [1.29, 1.82) is 0 Å². The van der Waals surface area contributed by atoms with Gasteiger partial charge < -0.3 is 10.1 Å². The van der Waals surface area contributed by atoms with Crippen LogP contribution in [-0.2, 0) is 9.53 Å². The van der Waals surface area contributed by atoms with E-state index in [0.29, 0.717) is 11.1 Å². The van der Waals surface area contributed by atoms with Crippen molar-refractivity contribution >= 4 is 40.1 Å². The maximum Gasteiger partial charge on any atom is 0.337 e. The third-order valence-electron chi connectivity index (χ3n) is 4.82. The number of nitrogens with one attached hydrogen (secondary N) is 2. The van der Waals surface area contributed by atoms with Crippen LogP contribution in [0.5, 0.6) is 0 Å². The third-order valence-corrected chi connectivity index (χ3v) is 6.77. The maximum atomic E-state index is 13.3. The van der Waals surface area contributed by atoms with Crippen molar-refractivity contribution in [2.75, 3.05) is 19.5 Å². The summed E-state index contributed by atoms with van der Waals surface area (Å²) in [5.41, 5.74) is 1.30. The number of carbonyl (C=O) groups excluding carboxylic acids is 2. The molecule has 0 spiro atoms. The largest absolute Gasteiger partial charge is 0.465 e. The van der Waals surface area contributed by atoms with Crippen LogP contribution in [0.25, 0.3) is 0 Å². The minimum absolute atomic E-state index is 0.140. The van der Waals surface area contributed by atoms with Gasteiger partial charge in [0.25, 0.3) is 0 Å². The Hall–Kier alpha value is -2.21. The molecule has 2 unspecified atom stereocenters. The molecular weight excluding hydrogens is 437 g/mol. The predicted octanol–water partition coefficient (Wildman–Crippen LogP) is 3.82. The third kappa shape index (κ3) is 4.75. The van der Waals surface area contributed by atoms with Crippen LogP contribution in [0.1, 0.15) is 28.4 Å². The normalized spacial score (nSPS) is 22.2. The highest BCUT2D eigenvalue weighted by atomic mass is 35.5. The Morgan fingerprint density at radius 3 is 2.53 bits per heavy atom. The molecule has 0 aromatic heterocycles. The van der Waals surface area contributed by atoms with Crippen LogP contribution in [-0.4, -0.2) is 45.5 Å². The Labute approximate surface area is 179 Å². The lowest BCUT2D eigenvalue weighted by Crippen LogP contribution is -2.53. The average Bonchev–Trinajstić information content (AvgIpc) is 2.72. The van der Waals surface area contributed by atoms with E-state index in [2.05, 4.69) is 14.8 Å². The molecule has 30 heavy (non-hydrogen) atoms. The Balaban J connectivity index is 1.81. The average molecular weight is 458 g/mol. The number of rotatable bonds is 4. The molecule has 0 radical (unpaired) electrons. The number of hydrogen-bond acceptors (Lipinski definition) is 7. The standard InChI is InChI=1S/C19H21ClFN3O5S/c1-24-17(18(25)22-13-7-8-15(21)14(20)9-13)10-16(23-30(24,27)28)11-3-5-12(6-4-11)19(26)29-2/h3-9,16-17,23,27-28H,10H2,1-2H3,(H,22,25). The number of amides is 1. The van der Waals surface area contributed by atoms with E-state index < -0.39 is 40.7 Å².